The molecule has 0 amide bonds. The van der Waals surface area contributed by atoms with Crippen molar-refractivity contribution in [3.63, 3.8) is 0 Å². The number of hydrogen-bond donors (Lipinski definition) is 1. The van der Waals surface area contributed by atoms with E-state index >= 15 is 0 Å². The van der Waals surface area contributed by atoms with Gasteiger partial charge in [-0.1, -0.05) is 6.92 Å². The second kappa shape index (κ2) is 6.08. The Morgan fingerprint density at radius 1 is 1.32 bits per heavy atom. The number of hydrogen-bond acceptors (Lipinski definition) is 4. The molecule has 0 bridgehead atoms. The maximum atomic E-state index is 13.6. The zero-order chi connectivity index (χ0) is 13.8. The van der Waals surface area contributed by atoms with Crippen molar-refractivity contribution in [2.45, 2.75) is 26.5 Å². The first-order chi connectivity index (χ1) is 9.13. The van der Waals surface area contributed by atoms with Crippen LogP contribution < -0.4 is 10.5 Å². The lowest BCUT2D eigenvalue weighted by Crippen LogP contribution is -2.03. The fourth-order valence-corrected chi connectivity index (χ4v) is 2.32. The van der Waals surface area contributed by atoms with Crippen molar-refractivity contribution in [2.75, 3.05) is 0 Å². The van der Waals surface area contributed by atoms with Crippen LogP contribution in [0.4, 0.5) is 8.78 Å². The summed E-state index contributed by atoms with van der Waals surface area (Å²) in [4.78, 5) is 4.27. The van der Waals surface area contributed by atoms with Crippen LogP contribution in [-0.2, 0) is 19.6 Å². The lowest BCUT2D eigenvalue weighted by molar-refractivity contribution is 0.270. The molecule has 2 rings (SSSR count). The van der Waals surface area contributed by atoms with Gasteiger partial charge in [-0.2, -0.15) is 0 Å². The molecule has 2 aromatic rings. The number of nitrogens with two attached hydrogens (primary N) is 1. The van der Waals surface area contributed by atoms with E-state index in [1.807, 2.05) is 12.3 Å². The van der Waals surface area contributed by atoms with Crippen molar-refractivity contribution in [2.24, 2.45) is 5.73 Å². The first-order valence-corrected chi connectivity index (χ1v) is 6.76. The number of aromatic nitrogens is 1. The number of rotatable bonds is 5. The van der Waals surface area contributed by atoms with Crippen molar-refractivity contribution in [1.82, 2.24) is 4.98 Å². The van der Waals surface area contributed by atoms with Gasteiger partial charge in [0.2, 0.25) is 0 Å². The van der Waals surface area contributed by atoms with E-state index in [0.717, 1.165) is 11.4 Å². The molecule has 0 saturated heterocycles. The van der Waals surface area contributed by atoms with Crippen LogP contribution in [0.1, 0.15) is 23.2 Å². The Hall–Kier alpha value is -1.53. The monoisotopic (exact) mass is 284 g/mol. The number of thiazole rings is 1. The Bertz CT molecular complexity index is 549. The predicted molar refractivity (Wildman–Crippen MR) is 70.1 cm³/mol. The van der Waals surface area contributed by atoms with Gasteiger partial charge < -0.3 is 10.5 Å². The van der Waals surface area contributed by atoms with E-state index in [-0.39, 0.29) is 18.9 Å². The summed E-state index contributed by atoms with van der Waals surface area (Å²) in [5, 5.41) is 2.79. The van der Waals surface area contributed by atoms with Gasteiger partial charge in [0, 0.05) is 11.9 Å². The summed E-state index contributed by atoms with van der Waals surface area (Å²) in [6, 6.07) is 2.36. The Kier molecular flexibility index (Phi) is 4.44. The van der Waals surface area contributed by atoms with Crippen LogP contribution in [0.3, 0.4) is 0 Å². The van der Waals surface area contributed by atoms with E-state index in [9.17, 15) is 8.78 Å². The molecule has 3 nitrogen and oxygen atoms in total. The van der Waals surface area contributed by atoms with Crippen molar-refractivity contribution >= 4 is 11.3 Å². The van der Waals surface area contributed by atoms with Crippen LogP contribution in [0.15, 0.2) is 17.5 Å². The molecule has 0 radical (unpaired) electrons. The highest BCUT2D eigenvalue weighted by atomic mass is 32.1. The first-order valence-electron chi connectivity index (χ1n) is 5.88. The first kappa shape index (κ1) is 13.9. The Balaban J connectivity index is 2.11. The molecule has 0 spiro atoms. The highest BCUT2D eigenvalue weighted by Crippen LogP contribution is 2.24. The average molecular weight is 284 g/mol. The highest BCUT2D eigenvalue weighted by Gasteiger charge is 2.13. The van der Waals surface area contributed by atoms with Gasteiger partial charge in [-0.25, -0.2) is 13.8 Å². The lowest BCUT2D eigenvalue weighted by atomic mass is 10.2. The normalized spacial score (nSPS) is 10.7. The smallest absolute Gasteiger partial charge is 0.191 e. The van der Waals surface area contributed by atoms with Gasteiger partial charge in [-0.05, 0) is 24.1 Å². The highest BCUT2D eigenvalue weighted by molar-refractivity contribution is 7.09. The summed E-state index contributed by atoms with van der Waals surface area (Å²) < 4.78 is 32.4. The van der Waals surface area contributed by atoms with Crippen LogP contribution in [0, 0.1) is 11.6 Å². The molecular formula is C13H14F2N2OS. The van der Waals surface area contributed by atoms with E-state index < -0.39 is 11.6 Å². The summed E-state index contributed by atoms with van der Waals surface area (Å²) in [6.07, 6.45) is 0.832. The van der Waals surface area contributed by atoms with E-state index in [1.54, 1.807) is 0 Å². The minimum absolute atomic E-state index is 0.0479. The summed E-state index contributed by atoms with van der Waals surface area (Å²) >= 11 is 1.50. The molecule has 1 aromatic carbocycles. The van der Waals surface area contributed by atoms with Crippen LogP contribution >= 0.6 is 11.3 Å². The molecule has 0 unspecified atom stereocenters. The molecule has 0 fully saturated rings. The van der Waals surface area contributed by atoms with Crippen molar-refractivity contribution in [3.05, 3.63) is 45.4 Å². The maximum absolute atomic E-state index is 13.6. The third kappa shape index (κ3) is 3.27. The molecule has 19 heavy (non-hydrogen) atoms. The van der Waals surface area contributed by atoms with Crippen LogP contribution in [0.5, 0.6) is 5.75 Å². The second-order valence-electron chi connectivity index (χ2n) is 3.97. The van der Waals surface area contributed by atoms with Crippen LogP contribution in [-0.4, -0.2) is 4.98 Å². The maximum Gasteiger partial charge on any atom is 0.191 e. The van der Waals surface area contributed by atoms with Gasteiger partial charge in [-0.3, -0.25) is 0 Å². The second-order valence-corrected chi connectivity index (χ2v) is 4.91. The quantitative estimate of drug-likeness (QED) is 0.918. The fourth-order valence-electron chi connectivity index (χ4n) is 1.59. The van der Waals surface area contributed by atoms with Gasteiger partial charge in [0.05, 0.1) is 10.7 Å². The van der Waals surface area contributed by atoms with Crippen molar-refractivity contribution in [3.8, 4) is 5.75 Å². The van der Waals surface area contributed by atoms with Crippen molar-refractivity contribution < 1.29 is 13.5 Å². The third-order valence-electron chi connectivity index (χ3n) is 2.56. The lowest BCUT2D eigenvalue weighted by Gasteiger charge is -2.08. The van der Waals surface area contributed by atoms with Crippen LogP contribution in [0.25, 0.3) is 0 Å². The molecule has 2 N–H and O–H groups in total. The molecular weight excluding hydrogens is 270 g/mol. The van der Waals surface area contributed by atoms with E-state index in [2.05, 4.69) is 4.98 Å². The zero-order valence-electron chi connectivity index (χ0n) is 10.5. The molecule has 1 aromatic heterocycles. The van der Waals surface area contributed by atoms with Gasteiger partial charge in [0.1, 0.15) is 6.61 Å². The minimum atomic E-state index is -0.744. The molecule has 0 aliphatic rings. The largest absolute Gasteiger partial charge is 0.481 e. The van der Waals surface area contributed by atoms with Gasteiger partial charge in [-0.15, -0.1) is 11.3 Å². The molecule has 0 atom stereocenters. The summed E-state index contributed by atoms with van der Waals surface area (Å²) in [5.74, 6) is -1.87. The van der Waals surface area contributed by atoms with Crippen molar-refractivity contribution in [1.29, 1.82) is 0 Å². The Morgan fingerprint density at radius 3 is 2.53 bits per heavy atom. The average Bonchev–Trinajstić information content (AvgIpc) is 2.85. The minimum Gasteiger partial charge on any atom is -0.481 e. The fraction of sp³-hybridized carbons (Fsp3) is 0.308. The summed E-state index contributed by atoms with van der Waals surface area (Å²) in [7, 11) is 0. The number of benzene rings is 1. The topological polar surface area (TPSA) is 48.1 Å². The Labute approximate surface area is 114 Å². The number of ether oxygens (including phenoxy) is 1. The number of halogens is 2. The zero-order valence-corrected chi connectivity index (χ0v) is 11.3. The van der Waals surface area contributed by atoms with E-state index in [4.69, 9.17) is 10.5 Å². The van der Waals surface area contributed by atoms with Gasteiger partial charge >= 0.3 is 0 Å². The van der Waals surface area contributed by atoms with Gasteiger partial charge in [0.25, 0.3) is 0 Å². The Morgan fingerprint density at radius 2 is 2.00 bits per heavy atom. The molecule has 0 saturated carbocycles. The third-order valence-corrected chi connectivity index (χ3v) is 3.60. The molecule has 6 heteroatoms. The summed E-state index contributed by atoms with van der Waals surface area (Å²) in [5.41, 5.74) is 6.40. The SMILES string of the molecule is CCc1nc(COc2c(F)cc(CN)cc2F)cs1. The number of aryl methyl sites for hydroxylation is 1. The molecule has 0 aliphatic heterocycles. The number of nitrogens with zero attached hydrogens (tertiary/aromatic N) is 1. The molecule has 102 valence electrons. The standard InChI is InChI=1S/C13H14F2N2OS/c1-2-12-17-9(7-19-12)6-18-13-10(14)3-8(5-16)4-11(13)15/h3-4,7H,2,5-6,16H2,1H3. The van der Waals surface area contributed by atoms with Crippen LogP contribution in [0.2, 0.25) is 0 Å². The predicted octanol–water partition coefficient (Wildman–Crippen LogP) is 3.02. The van der Waals surface area contributed by atoms with E-state index in [1.165, 1.54) is 23.5 Å². The molecule has 1 heterocycles. The summed E-state index contributed by atoms with van der Waals surface area (Å²) in [6.45, 7) is 2.13. The van der Waals surface area contributed by atoms with E-state index in [0.29, 0.717) is 11.3 Å². The molecule has 0 aliphatic carbocycles. The van der Waals surface area contributed by atoms with Gasteiger partial charge in [0.15, 0.2) is 17.4 Å².